The van der Waals surface area contributed by atoms with E-state index < -0.39 is 5.60 Å². The molecule has 4 nitrogen and oxygen atoms in total. The van der Waals surface area contributed by atoms with E-state index in [1.54, 1.807) is 0 Å². The van der Waals surface area contributed by atoms with E-state index in [9.17, 15) is 9.90 Å². The third-order valence-corrected chi connectivity index (χ3v) is 3.93. The van der Waals surface area contributed by atoms with Crippen LogP contribution in [0, 0.1) is 5.92 Å². The van der Waals surface area contributed by atoms with E-state index in [-0.39, 0.29) is 5.91 Å². The van der Waals surface area contributed by atoms with Crippen molar-refractivity contribution in [3.05, 3.63) is 0 Å². The maximum Gasteiger partial charge on any atom is 0.220 e. The molecule has 0 bridgehead atoms. The number of unbranched alkanes of at least 4 members (excludes halogenated alkanes) is 2. The molecule has 18 heavy (non-hydrogen) atoms. The van der Waals surface area contributed by atoms with Crippen LogP contribution in [-0.4, -0.2) is 29.7 Å². The third kappa shape index (κ3) is 5.83. The molecule has 1 aliphatic carbocycles. The molecule has 0 aromatic rings. The van der Waals surface area contributed by atoms with Gasteiger partial charge in [-0.25, -0.2) is 0 Å². The summed E-state index contributed by atoms with van der Waals surface area (Å²) in [6.45, 7) is 3.32. The first kappa shape index (κ1) is 15.4. The Balaban J connectivity index is 2.13. The zero-order valence-electron chi connectivity index (χ0n) is 11.6. The molecule has 1 fully saturated rings. The molecule has 4 heteroatoms. The molecule has 0 spiro atoms. The number of aliphatic hydroxyl groups is 1. The van der Waals surface area contributed by atoms with Gasteiger partial charge in [0.25, 0.3) is 0 Å². The van der Waals surface area contributed by atoms with Gasteiger partial charge in [-0.1, -0.05) is 13.3 Å². The van der Waals surface area contributed by atoms with Crippen molar-refractivity contribution in [2.75, 3.05) is 13.1 Å². The van der Waals surface area contributed by atoms with Crippen LogP contribution in [0.1, 0.15) is 58.3 Å². The van der Waals surface area contributed by atoms with E-state index in [1.165, 1.54) is 0 Å². The number of amides is 1. The van der Waals surface area contributed by atoms with E-state index in [1.807, 2.05) is 0 Å². The lowest BCUT2D eigenvalue weighted by atomic mass is 9.79. The quantitative estimate of drug-likeness (QED) is 0.605. The maximum absolute atomic E-state index is 11.6. The van der Waals surface area contributed by atoms with Gasteiger partial charge in [0.2, 0.25) is 5.91 Å². The van der Waals surface area contributed by atoms with Gasteiger partial charge in [-0.15, -0.1) is 0 Å². The molecule has 0 atom stereocenters. The number of nitrogens with two attached hydrogens (primary N) is 1. The van der Waals surface area contributed by atoms with E-state index in [4.69, 9.17) is 5.73 Å². The molecule has 0 saturated heterocycles. The zero-order chi connectivity index (χ0) is 13.4. The summed E-state index contributed by atoms with van der Waals surface area (Å²) in [5.74, 6) is 0.760. The van der Waals surface area contributed by atoms with Gasteiger partial charge >= 0.3 is 0 Å². The summed E-state index contributed by atoms with van der Waals surface area (Å²) in [4.78, 5) is 11.6. The first-order valence-electron chi connectivity index (χ1n) is 7.25. The van der Waals surface area contributed by atoms with Crippen molar-refractivity contribution in [3.8, 4) is 0 Å². The van der Waals surface area contributed by atoms with Crippen LogP contribution in [-0.2, 0) is 4.79 Å². The summed E-state index contributed by atoms with van der Waals surface area (Å²) in [7, 11) is 0. The SMILES string of the molecule is CC1CCC(O)(CNC(=O)CCCCCN)CC1. The number of carbonyl (C=O) groups excluding carboxylic acids is 1. The van der Waals surface area contributed by atoms with Gasteiger partial charge in [-0.05, 0) is 51.0 Å². The molecule has 1 aliphatic rings. The smallest absolute Gasteiger partial charge is 0.220 e. The van der Waals surface area contributed by atoms with Crippen molar-refractivity contribution in [2.45, 2.75) is 63.9 Å². The summed E-state index contributed by atoms with van der Waals surface area (Å²) in [6, 6.07) is 0. The normalized spacial score (nSPS) is 28.1. The molecule has 0 unspecified atom stereocenters. The van der Waals surface area contributed by atoms with Crippen molar-refractivity contribution in [1.82, 2.24) is 5.32 Å². The molecule has 0 aromatic heterocycles. The maximum atomic E-state index is 11.6. The predicted molar refractivity (Wildman–Crippen MR) is 73.1 cm³/mol. The number of carbonyl (C=O) groups is 1. The molecule has 1 amide bonds. The van der Waals surface area contributed by atoms with Gasteiger partial charge in [0.1, 0.15) is 0 Å². The van der Waals surface area contributed by atoms with Gasteiger partial charge in [0.15, 0.2) is 0 Å². The first-order chi connectivity index (χ1) is 8.56. The second-order valence-corrected chi connectivity index (χ2v) is 5.78. The Hall–Kier alpha value is -0.610. The lowest BCUT2D eigenvalue weighted by Gasteiger charge is -2.34. The first-order valence-corrected chi connectivity index (χ1v) is 7.25. The second kappa shape index (κ2) is 7.74. The number of hydrogen-bond acceptors (Lipinski definition) is 3. The van der Waals surface area contributed by atoms with E-state index in [0.717, 1.165) is 44.9 Å². The minimum Gasteiger partial charge on any atom is -0.388 e. The van der Waals surface area contributed by atoms with Crippen LogP contribution in [0.2, 0.25) is 0 Å². The van der Waals surface area contributed by atoms with Crippen LogP contribution in [0.5, 0.6) is 0 Å². The van der Waals surface area contributed by atoms with E-state index in [0.29, 0.717) is 25.4 Å². The summed E-state index contributed by atoms with van der Waals surface area (Å²) >= 11 is 0. The third-order valence-electron chi connectivity index (χ3n) is 3.93. The van der Waals surface area contributed by atoms with Gasteiger partial charge in [-0.2, -0.15) is 0 Å². The highest BCUT2D eigenvalue weighted by Crippen LogP contribution is 2.31. The summed E-state index contributed by atoms with van der Waals surface area (Å²) in [5, 5.41) is 13.2. The average molecular weight is 256 g/mol. The summed E-state index contributed by atoms with van der Waals surface area (Å²) in [6.07, 6.45) is 7.15. The highest BCUT2D eigenvalue weighted by Gasteiger charge is 2.31. The van der Waals surface area contributed by atoms with Crippen molar-refractivity contribution < 1.29 is 9.90 Å². The van der Waals surface area contributed by atoms with Crippen molar-refractivity contribution in [2.24, 2.45) is 11.7 Å². The molecule has 106 valence electrons. The van der Waals surface area contributed by atoms with Crippen molar-refractivity contribution in [1.29, 1.82) is 0 Å². The van der Waals surface area contributed by atoms with Crippen molar-refractivity contribution >= 4 is 5.91 Å². The molecule has 0 aliphatic heterocycles. The van der Waals surface area contributed by atoms with Crippen LogP contribution in [0.25, 0.3) is 0 Å². The topological polar surface area (TPSA) is 75.3 Å². The zero-order valence-corrected chi connectivity index (χ0v) is 11.6. The fourth-order valence-corrected chi connectivity index (χ4v) is 2.43. The lowest BCUT2D eigenvalue weighted by Crippen LogP contribution is -2.45. The largest absolute Gasteiger partial charge is 0.388 e. The summed E-state index contributed by atoms with van der Waals surface area (Å²) in [5.41, 5.74) is 4.73. The number of rotatable bonds is 7. The number of nitrogens with one attached hydrogen (secondary N) is 1. The lowest BCUT2D eigenvalue weighted by molar-refractivity contribution is -0.123. The predicted octanol–water partition coefficient (Wildman–Crippen LogP) is 1.56. The molecular weight excluding hydrogens is 228 g/mol. The molecule has 1 rings (SSSR count). The second-order valence-electron chi connectivity index (χ2n) is 5.78. The van der Waals surface area contributed by atoms with E-state index in [2.05, 4.69) is 12.2 Å². The Morgan fingerprint density at radius 3 is 2.61 bits per heavy atom. The van der Waals surface area contributed by atoms with Crippen LogP contribution < -0.4 is 11.1 Å². The Morgan fingerprint density at radius 2 is 2.00 bits per heavy atom. The molecule has 0 aromatic carbocycles. The minimum absolute atomic E-state index is 0.0547. The van der Waals surface area contributed by atoms with Gasteiger partial charge in [0.05, 0.1) is 5.60 Å². The Bertz CT molecular complexity index is 248. The van der Waals surface area contributed by atoms with Crippen LogP contribution in [0.3, 0.4) is 0 Å². The highest BCUT2D eigenvalue weighted by atomic mass is 16.3. The van der Waals surface area contributed by atoms with Gasteiger partial charge in [0, 0.05) is 13.0 Å². The standard InChI is InChI=1S/C14H28N2O2/c1-12-6-8-14(18,9-7-12)11-16-13(17)5-3-2-4-10-15/h12,18H,2-11,15H2,1H3,(H,16,17). The molecule has 0 heterocycles. The van der Waals surface area contributed by atoms with Crippen LogP contribution >= 0.6 is 0 Å². The Kier molecular flexibility index (Phi) is 6.65. The Morgan fingerprint density at radius 1 is 1.33 bits per heavy atom. The van der Waals surface area contributed by atoms with Gasteiger partial charge < -0.3 is 16.2 Å². The monoisotopic (exact) mass is 256 g/mol. The van der Waals surface area contributed by atoms with Crippen LogP contribution in [0.4, 0.5) is 0 Å². The van der Waals surface area contributed by atoms with Crippen molar-refractivity contribution in [3.63, 3.8) is 0 Å². The van der Waals surface area contributed by atoms with Crippen LogP contribution in [0.15, 0.2) is 0 Å². The van der Waals surface area contributed by atoms with Gasteiger partial charge in [-0.3, -0.25) is 4.79 Å². The molecule has 0 radical (unpaired) electrons. The summed E-state index contributed by atoms with van der Waals surface area (Å²) < 4.78 is 0. The molecule has 1 saturated carbocycles. The molecule has 4 N–H and O–H groups in total. The highest BCUT2D eigenvalue weighted by molar-refractivity contribution is 5.75. The fraction of sp³-hybridized carbons (Fsp3) is 0.929. The molecular formula is C14H28N2O2. The van der Waals surface area contributed by atoms with E-state index >= 15 is 0 Å². The number of hydrogen-bond donors (Lipinski definition) is 3. The Labute approximate surface area is 110 Å². The average Bonchev–Trinajstić information content (AvgIpc) is 2.36. The minimum atomic E-state index is -0.667. The fourth-order valence-electron chi connectivity index (χ4n) is 2.43.